The van der Waals surface area contributed by atoms with E-state index in [1.807, 2.05) is 52.7 Å². The Hall–Kier alpha value is -4.91. The van der Waals surface area contributed by atoms with Crippen molar-refractivity contribution in [3.05, 3.63) is 85.2 Å². The Balaban J connectivity index is 1.38. The molecule has 5 aromatic rings. The number of benzene rings is 4. The third-order valence-corrected chi connectivity index (χ3v) is 8.07. The lowest BCUT2D eigenvalue weighted by molar-refractivity contribution is 0.443. The second kappa shape index (κ2) is 8.30. The van der Waals surface area contributed by atoms with Gasteiger partial charge in [-0.3, -0.25) is 4.98 Å². The van der Waals surface area contributed by atoms with Crippen molar-refractivity contribution in [1.29, 1.82) is 0 Å². The number of nitrogens with zero attached hydrogens (tertiary/aromatic N) is 3. The highest BCUT2D eigenvalue weighted by Crippen LogP contribution is 2.47. The molecule has 40 heavy (non-hydrogen) atoms. The second-order valence-corrected chi connectivity index (χ2v) is 10.9. The zero-order valence-corrected chi connectivity index (χ0v) is 22.7. The zero-order chi connectivity index (χ0) is 27.1. The molecule has 0 fully saturated rings. The molecule has 0 spiro atoms. The molecule has 4 aromatic carbocycles. The van der Waals surface area contributed by atoms with Crippen LogP contribution in [-0.2, 0) is 0 Å². The Bertz CT molecular complexity index is 1840. The Morgan fingerprint density at radius 2 is 1.12 bits per heavy atom. The first kappa shape index (κ1) is 23.0. The van der Waals surface area contributed by atoms with Crippen LogP contribution in [0.5, 0.6) is 34.5 Å². The standard InChI is InChI=1S/C33H26BN3O3/c1-36(2)22-15-26-30-27(16-22)39-28-17-23(37(3)4)18-29-31(28)34(30)32-25(38-26)9-8-24(33(32)40-29)21-7-5-6-20(14-21)19-10-12-35-13-11-19/h5-18H,1-4H3. The minimum atomic E-state index is -0.0491. The van der Waals surface area contributed by atoms with E-state index in [4.69, 9.17) is 14.2 Å². The number of aromatic nitrogens is 1. The fourth-order valence-electron chi connectivity index (χ4n) is 6.07. The molecule has 0 unspecified atom stereocenters. The summed E-state index contributed by atoms with van der Waals surface area (Å²) in [5.74, 6) is 4.94. The van der Waals surface area contributed by atoms with Crippen molar-refractivity contribution in [1.82, 2.24) is 4.98 Å². The predicted octanol–water partition coefficient (Wildman–Crippen LogP) is 5.38. The van der Waals surface area contributed by atoms with Crippen LogP contribution in [0.3, 0.4) is 0 Å². The normalized spacial score (nSPS) is 13.1. The first-order valence-corrected chi connectivity index (χ1v) is 13.4. The van der Waals surface area contributed by atoms with Gasteiger partial charge in [0, 0.05) is 98.2 Å². The van der Waals surface area contributed by atoms with Crippen LogP contribution in [0.2, 0.25) is 0 Å². The molecule has 0 radical (unpaired) electrons. The lowest BCUT2D eigenvalue weighted by Gasteiger charge is -2.39. The molecule has 0 saturated carbocycles. The van der Waals surface area contributed by atoms with Crippen molar-refractivity contribution in [3.63, 3.8) is 0 Å². The third kappa shape index (κ3) is 3.27. The lowest BCUT2D eigenvalue weighted by Crippen LogP contribution is -2.59. The van der Waals surface area contributed by atoms with Crippen molar-refractivity contribution in [3.8, 4) is 56.8 Å². The molecule has 6 nitrogen and oxygen atoms in total. The number of rotatable bonds is 4. The van der Waals surface area contributed by atoms with Gasteiger partial charge in [0.15, 0.2) is 0 Å². The average Bonchev–Trinajstić information content (AvgIpc) is 2.97. The Kier molecular flexibility index (Phi) is 4.77. The molecule has 0 atom stereocenters. The minimum Gasteiger partial charge on any atom is -0.458 e. The van der Waals surface area contributed by atoms with Gasteiger partial charge in [-0.05, 0) is 47.0 Å². The van der Waals surface area contributed by atoms with Crippen molar-refractivity contribution in [2.45, 2.75) is 0 Å². The largest absolute Gasteiger partial charge is 0.458 e. The summed E-state index contributed by atoms with van der Waals surface area (Å²) in [6.07, 6.45) is 3.65. The van der Waals surface area contributed by atoms with E-state index in [-0.39, 0.29) is 6.71 Å². The molecule has 8 rings (SSSR count). The first-order valence-electron chi connectivity index (χ1n) is 13.4. The highest BCUT2D eigenvalue weighted by atomic mass is 16.5. The van der Waals surface area contributed by atoms with Crippen molar-refractivity contribution in [2.24, 2.45) is 0 Å². The molecule has 0 aliphatic carbocycles. The maximum atomic E-state index is 6.83. The van der Waals surface area contributed by atoms with Gasteiger partial charge < -0.3 is 24.0 Å². The fraction of sp³-hybridized carbons (Fsp3) is 0.121. The number of hydrogen-bond acceptors (Lipinski definition) is 6. The molecule has 0 N–H and O–H groups in total. The van der Waals surface area contributed by atoms with E-state index in [1.54, 1.807) is 0 Å². The smallest absolute Gasteiger partial charge is 0.270 e. The molecule has 194 valence electrons. The molecule has 3 aliphatic rings. The van der Waals surface area contributed by atoms with Crippen LogP contribution in [-0.4, -0.2) is 39.9 Å². The van der Waals surface area contributed by atoms with E-state index >= 15 is 0 Å². The summed E-state index contributed by atoms with van der Waals surface area (Å²) in [5.41, 5.74) is 9.57. The molecule has 3 aliphatic heterocycles. The first-order chi connectivity index (χ1) is 19.5. The van der Waals surface area contributed by atoms with Gasteiger partial charge in [-0.1, -0.05) is 18.2 Å². The van der Waals surface area contributed by atoms with Crippen LogP contribution < -0.4 is 40.4 Å². The van der Waals surface area contributed by atoms with E-state index in [9.17, 15) is 0 Å². The van der Waals surface area contributed by atoms with Gasteiger partial charge in [-0.15, -0.1) is 0 Å². The van der Waals surface area contributed by atoms with Crippen LogP contribution >= 0.6 is 0 Å². The monoisotopic (exact) mass is 523 g/mol. The van der Waals surface area contributed by atoms with E-state index in [0.717, 1.165) is 84.5 Å². The van der Waals surface area contributed by atoms with Gasteiger partial charge in [0.2, 0.25) is 0 Å². The zero-order valence-electron chi connectivity index (χ0n) is 22.7. The summed E-state index contributed by atoms with van der Waals surface area (Å²) >= 11 is 0. The third-order valence-electron chi connectivity index (χ3n) is 8.07. The van der Waals surface area contributed by atoms with Gasteiger partial charge in [0.1, 0.15) is 34.5 Å². The number of pyridine rings is 1. The van der Waals surface area contributed by atoms with Crippen LogP contribution in [0.25, 0.3) is 22.3 Å². The average molecular weight is 523 g/mol. The van der Waals surface area contributed by atoms with E-state index in [2.05, 4.69) is 75.4 Å². The van der Waals surface area contributed by atoms with Crippen LogP contribution in [0.1, 0.15) is 0 Å². The summed E-state index contributed by atoms with van der Waals surface area (Å²) in [5, 5.41) is 0. The maximum Gasteiger partial charge on any atom is 0.270 e. The van der Waals surface area contributed by atoms with Gasteiger partial charge in [0.05, 0.1) is 0 Å². The van der Waals surface area contributed by atoms with Gasteiger partial charge in [-0.25, -0.2) is 0 Å². The summed E-state index contributed by atoms with van der Waals surface area (Å²) in [6.45, 7) is -0.0491. The summed E-state index contributed by atoms with van der Waals surface area (Å²) in [6, 6.07) is 25.3. The molecular formula is C33H26BN3O3. The van der Waals surface area contributed by atoms with Crippen molar-refractivity contribution < 1.29 is 14.2 Å². The molecule has 0 bridgehead atoms. The highest BCUT2D eigenvalue weighted by molar-refractivity contribution is 6.99. The van der Waals surface area contributed by atoms with Gasteiger partial charge in [-0.2, -0.15) is 0 Å². The number of anilines is 2. The Morgan fingerprint density at radius 1 is 0.550 bits per heavy atom. The Labute approximate surface area is 233 Å². The molecular weight excluding hydrogens is 497 g/mol. The minimum absolute atomic E-state index is 0.0491. The molecule has 7 heteroatoms. The second-order valence-electron chi connectivity index (χ2n) is 10.9. The summed E-state index contributed by atoms with van der Waals surface area (Å²) < 4.78 is 20.0. The molecule has 0 saturated heterocycles. The topological polar surface area (TPSA) is 47.1 Å². The van der Waals surface area contributed by atoms with E-state index < -0.39 is 0 Å². The van der Waals surface area contributed by atoms with E-state index in [0.29, 0.717) is 0 Å². The predicted molar refractivity (Wildman–Crippen MR) is 162 cm³/mol. The molecule has 0 amide bonds. The molecule has 1 aromatic heterocycles. The highest BCUT2D eigenvalue weighted by Gasteiger charge is 2.47. The number of ether oxygens (including phenoxy) is 3. The van der Waals surface area contributed by atoms with Crippen LogP contribution in [0, 0.1) is 0 Å². The van der Waals surface area contributed by atoms with Crippen molar-refractivity contribution >= 4 is 34.5 Å². The quantitative estimate of drug-likeness (QED) is 0.289. The van der Waals surface area contributed by atoms with Crippen molar-refractivity contribution in [2.75, 3.05) is 38.0 Å². The maximum absolute atomic E-state index is 6.83. The van der Waals surface area contributed by atoms with E-state index in [1.165, 1.54) is 0 Å². The van der Waals surface area contributed by atoms with Gasteiger partial charge >= 0.3 is 0 Å². The van der Waals surface area contributed by atoms with Gasteiger partial charge in [0.25, 0.3) is 6.71 Å². The van der Waals surface area contributed by atoms with Crippen LogP contribution in [0.15, 0.2) is 85.2 Å². The summed E-state index contributed by atoms with van der Waals surface area (Å²) in [4.78, 5) is 8.33. The molecule has 4 heterocycles. The fourth-order valence-corrected chi connectivity index (χ4v) is 6.07. The summed E-state index contributed by atoms with van der Waals surface area (Å²) in [7, 11) is 8.13. The van der Waals surface area contributed by atoms with Crippen LogP contribution in [0.4, 0.5) is 11.4 Å². The SMILES string of the molecule is CN(C)c1cc2c3c(c1)Oc1ccc(-c4cccc(-c5ccncc5)c4)c4c1B3c1c(cc(N(C)C)cc1O4)O2. The lowest BCUT2D eigenvalue weighted by atomic mass is 9.33. The number of hydrogen-bond donors (Lipinski definition) is 0. The Morgan fingerprint density at radius 3 is 1.75 bits per heavy atom.